The summed E-state index contributed by atoms with van der Waals surface area (Å²) >= 11 is 0. The summed E-state index contributed by atoms with van der Waals surface area (Å²) in [7, 11) is 0. The Morgan fingerprint density at radius 1 is 0.756 bits per heavy atom. The number of nitrogens with two attached hydrogens (primary N) is 2. The molecule has 0 spiro atoms. The summed E-state index contributed by atoms with van der Waals surface area (Å²) in [5, 5.41) is 15.8. The summed E-state index contributed by atoms with van der Waals surface area (Å²) in [6.07, 6.45) is 1.46. The van der Waals surface area contributed by atoms with Crippen molar-refractivity contribution in [2.75, 3.05) is 85.8 Å². The van der Waals surface area contributed by atoms with Crippen molar-refractivity contribution in [1.29, 1.82) is 0 Å². The van der Waals surface area contributed by atoms with Crippen LogP contribution in [0.3, 0.4) is 0 Å². The van der Waals surface area contributed by atoms with Gasteiger partial charge in [0.25, 0.3) is 5.91 Å². The summed E-state index contributed by atoms with van der Waals surface area (Å²) < 4.78 is 36.9. The number of rotatable bonds is 30. The maximum absolute atomic E-state index is 12.1. The van der Waals surface area contributed by atoms with Gasteiger partial charge < -0.3 is 54.9 Å². The van der Waals surface area contributed by atoms with E-state index in [0.29, 0.717) is 72.3 Å². The quantitative estimate of drug-likeness (QED) is 0.0464. The SMILES string of the molecule is NC(=O)CCOCCOCCOCCOCCOCCOCCC(=O)N[C@@H](CCCCNC(=O)c1ccc([N+](=O)[O-])o1)C(N)=O. The number of primary amides is 2. The van der Waals surface area contributed by atoms with Crippen molar-refractivity contribution in [3.8, 4) is 0 Å². The summed E-state index contributed by atoms with van der Waals surface area (Å²) in [5.41, 5.74) is 10.4. The van der Waals surface area contributed by atoms with Crippen LogP contribution in [-0.2, 0) is 42.8 Å². The second-order valence-corrected chi connectivity index (χ2v) is 9.31. The van der Waals surface area contributed by atoms with Crippen molar-refractivity contribution < 1.29 is 56.9 Å². The molecular weight excluding hydrogens is 602 g/mol. The molecule has 0 fully saturated rings. The van der Waals surface area contributed by atoms with Crippen molar-refractivity contribution in [1.82, 2.24) is 10.6 Å². The Kier molecular flexibility index (Phi) is 22.4. The van der Waals surface area contributed by atoms with Crippen molar-refractivity contribution >= 4 is 29.5 Å². The molecule has 1 rings (SSSR count). The Morgan fingerprint density at radius 3 is 1.69 bits per heavy atom. The van der Waals surface area contributed by atoms with Gasteiger partial charge in [-0.15, -0.1) is 0 Å². The summed E-state index contributed by atoms with van der Waals surface area (Å²) in [4.78, 5) is 56.2. The van der Waals surface area contributed by atoms with Gasteiger partial charge in [-0.05, 0) is 25.3 Å². The number of furan rings is 1. The minimum atomic E-state index is -0.866. The average Bonchev–Trinajstić information content (AvgIpc) is 3.50. The summed E-state index contributed by atoms with van der Waals surface area (Å²) in [6, 6.07) is 1.43. The zero-order chi connectivity index (χ0) is 33.1. The monoisotopic (exact) mass is 647 g/mol. The fourth-order valence-corrected chi connectivity index (χ4v) is 3.40. The van der Waals surface area contributed by atoms with Crippen molar-refractivity contribution in [2.24, 2.45) is 11.5 Å². The molecule has 1 aromatic rings. The van der Waals surface area contributed by atoms with E-state index in [1.807, 2.05) is 0 Å². The normalized spacial score (nSPS) is 11.6. The Morgan fingerprint density at radius 2 is 1.24 bits per heavy atom. The standard InChI is InChI=1S/C27H45N5O13/c28-23(33)6-9-39-11-13-41-15-17-43-19-20-44-18-16-42-14-12-40-10-7-24(34)31-21(26(29)35)3-1-2-8-30-27(36)22-4-5-25(45-22)32(37)38/h4-5,21H,1-3,6-20H2,(H2,28,33)(H2,29,35)(H,30,36)(H,31,34)/t21-/m0/s1. The molecule has 0 saturated carbocycles. The molecule has 0 aliphatic carbocycles. The number of amides is 4. The molecule has 0 radical (unpaired) electrons. The molecule has 4 amide bonds. The van der Waals surface area contributed by atoms with Crippen LogP contribution < -0.4 is 22.1 Å². The molecule has 0 bridgehead atoms. The molecule has 0 aliphatic rings. The molecule has 0 unspecified atom stereocenters. The zero-order valence-electron chi connectivity index (χ0n) is 25.4. The van der Waals surface area contributed by atoms with Gasteiger partial charge in [0.05, 0.1) is 85.3 Å². The van der Waals surface area contributed by atoms with Crippen LogP contribution in [0.5, 0.6) is 0 Å². The Hall–Kier alpha value is -3.68. The van der Waals surface area contributed by atoms with Crippen molar-refractivity contribution in [3.63, 3.8) is 0 Å². The molecule has 18 nitrogen and oxygen atoms in total. The largest absolute Gasteiger partial charge is 0.433 e. The molecule has 1 aromatic heterocycles. The van der Waals surface area contributed by atoms with Gasteiger partial charge in [0.1, 0.15) is 11.0 Å². The third kappa shape index (κ3) is 21.6. The minimum Gasteiger partial charge on any atom is -0.395 e. The van der Waals surface area contributed by atoms with Crippen LogP contribution in [0.15, 0.2) is 16.5 Å². The highest BCUT2D eigenvalue weighted by Crippen LogP contribution is 2.15. The Bertz CT molecular complexity index is 1010. The fourth-order valence-electron chi connectivity index (χ4n) is 3.40. The first-order valence-electron chi connectivity index (χ1n) is 14.6. The van der Waals surface area contributed by atoms with Crippen LogP contribution in [0, 0.1) is 10.1 Å². The van der Waals surface area contributed by atoms with Gasteiger partial charge in [0.2, 0.25) is 17.7 Å². The smallest absolute Gasteiger partial charge is 0.395 e. The Balaban J connectivity index is 1.92. The lowest BCUT2D eigenvalue weighted by molar-refractivity contribution is -0.402. The van der Waals surface area contributed by atoms with E-state index in [9.17, 15) is 29.3 Å². The van der Waals surface area contributed by atoms with Crippen LogP contribution >= 0.6 is 0 Å². The predicted octanol–water partition coefficient (Wildman–Crippen LogP) is -0.577. The zero-order valence-corrected chi connectivity index (χ0v) is 25.4. The number of nitrogens with one attached hydrogen (secondary N) is 2. The first kappa shape index (κ1) is 39.3. The number of nitrogens with zero attached hydrogens (tertiary/aromatic N) is 1. The van der Waals surface area contributed by atoms with Gasteiger partial charge in [-0.1, -0.05) is 0 Å². The number of unbranched alkanes of at least 4 members (excludes halogenated alkanes) is 1. The van der Waals surface area contributed by atoms with E-state index in [0.717, 1.165) is 6.07 Å². The summed E-state index contributed by atoms with van der Waals surface area (Å²) in [5.74, 6) is -2.77. The molecule has 0 saturated heterocycles. The van der Waals surface area contributed by atoms with Crippen LogP contribution in [0.25, 0.3) is 0 Å². The number of ether oxygens (including phenoxy) is 6. The van der Waals surface area contributed by atoms with E-state index in [1.165, 1.54) is 6.07 Å². The highest BCUT2D eigenvalue weighted by molar-refractivity contribution is 5.91. The number of carbonyl (C=O) groups is 4. The molecule has 1 atom stereocenters. The van der Waals surface area contributed by atoms with Gasteiger partial charge in [-0.3, -0.25) is 29.3 Å². The van der Waals surface area contributed by atoms with Gasteiger partial charge in [-0.2, -0.15) is 0 Å². The summed E-state index contributed by atoms with van der Waals surface area (Å²) in [6.45, 7) is 4.49. The number of hydrogen-bond donors (Lipinski definition) is 4. The van der Waals surface area contributed by atoms with Crippen LogP contribution in [-0.4, -0.2) is 120 Å². The fraction of sp³-hybridized carbons (Fsp3) is 0.704. The third-order valence-electron chi connectivity index (χ3n) is 5.71. The van der Waals surface area contributed by atoms with E-state index in [-0.39, 0.29) is 57.3 Å². The molecule has 18 heteroatoms. The van der Waals surface area contributed by atoms with Crippen LogP contribution in [0.1, 0.15) is 42.7 Å². The van der Waals surface area contributed by atoms with E-state index in [4.69, 9.17) is 44.3 Å². The van der Waals surface area contributed by atoms with Crippen LogP contribution in [0.2, 0.25) is 0 Å². The van der Waals surface area contributed by atoms with Gasteiger partial charge >= 0.3 is 5.88 Å². The molecule has 256 valence electrons. The van der Waals surface area contributed by atoms with E-state index >= 15 is 0 Å². The highest BCUT2D eigenvalue weighted by atomic mass is 16.6. The van der Waals surface area contributed by atoms with E-state index in [1.54, 1.807) is 0 Å². The Labute approximate surface area is 260 Å². The second kappa shape index (κ2) is 25.6. The average molecular weight is 648 g/mol. The second-order valence-electron chi connectivity index (χ2n) is 9.31. The minimum absolute atomic E-state index is 0.0357. The molecule has 45 heavy (non-hydrogen) atoms. The molecule has 0 aliphatic heterocycles. The van der Waals surface area contributed by atoms with Crippen molar-refractivity contribution in [2.45, 2.75) is 38.1 Å². The topological polar surface area (TPSA) is 256 Å². The predicted molar refractivity (Wildman–Crippen MR) is 156 cm³/mol. The van der Waals surface area contributed by atoms with Gasteiger partial charge in [-0.25, -0.2) is 0 Å². The van der Waals surface area contributed by atoms with E-state index in [2.05, 4.69) is 10.6 Å². The van der Waals surface area contributed by atoms with E-state index < -0.39 is 34.6 Å². The number of nitro groups is 1. The first-order chi connectivity index (χ1) is 21.7. The number of hydrogen-bond acceptors (Lipinski definition) is 13. The lowest BCUT2D eigenvalue weighted by Crippen LogP contribution is -2.44. The highest BCUT2D eigenvalue weighted by Gasteiger charge is 2.19. The lowest BCUT2D eigenvalue weighted by atomic mass is 10.1. The molecular formula is C27H45N5O13. The molecule has 0 aromatic carbocycles. The maximum atomic E-state index is 12.1. The van der Waals surface area contributed by atoms with Crippen LogP contribution in [0.4, 0.5) is 5.88 Å². The first-order valence-corrected chi connectivity index (χ1v) is 14.6. The maximum Gasteiger partial charge on any atom is 0.433 e. The molecule has 1 heterocycles. The number of carbonyl (C=O) groups excluding carboxylic acids is 4. The third-order valence-corrected chi connectivity index (χ3v) is 5.71. The van der Waals surface area contributed by atoms with Gasteiger partial charge in [0.15, 0.2) is 5.76 Å². The van der Waals surface area contributed by atoms with Crippen molar-refractivity contribution in [3.05, 3.63) is 28.0 Å². The molecule has 6 N–H and O–H groups in total. The lowest BCUT2D eigenvalue weighted by Gasteiger charge is -2.15. The van der Waals surface area contributed by atoms with Gasteiger partial charge in [0, 0.05) is 19.4 Å².